The molecule has 2 atom stereocenters. The van der Waals surface area contributed by atoms with Crippen LogP contribution in [-0.2, 0) is 0 Å². The smallest absolute Gasteiger partial charge is 0.136 e. The molecule has 0 saturated carbocycles. The molecule has 4 nitrogen and oxygen atoms in total. The highest BCUT2D eigenvalue weighted by molar-refractivity contribution is 6.17. The summed E-state index contributed by atoms with van der Waals surface area (Å²) < 4.78 is 17.6. The van der Waals surface area contributed by atoms with E-state index in [0.29, 0.717) is 0 Å². The average Bonchev–Trinajstić information content (AvgIpc) is 3.85. The maximum absolute atomic E-state index is 6.42. The second-order valence-corrected chi connectivity index (χ2v) is 12.9. The molecule has 47 heavy (non-hydrogen) atoms. The Morgan fingerprint density at radius 2 is 1.19 bits per heavy atom. The summed E-state index contributed by atoms with van der Waals surface area (Å²) in [5.74, 6) is 2.47. The number of para-hydroxylation sites is 4. The van der Waals surface area contributed by atoms with Crippen molar-refractivity contribution < 1.29 is 9.15 Å². The average molecular weight is 605 g/mol. The molecule has 9 aromatic rings. The van der Waals surface area contributed by atoms with E-state index >= 15 is 0 Å². The molecule has 0 amide bonds. The van der Waals surface area contributed by atoms with E-state index in [-0.39, 0.29) is 11.8 Å². The van der Waals surface area contributed by atoms with Gasteiger partial charge in [-0.05, 0) is 66.7 Å². The van der Waals surface area contributed by atoms with Crippen LogP contribution in [0.1, 0.15) is 35.6 Å². The first kappa shape index (κ1) is 25.2. The Morgan fingerprint density at radius 1 is 0.532 bits per heavy atom. The van der Waals surface area contributed by atoms with Crippen LogP contribution in [-0.4, -0.2) is 9.13 Å². The van der Waals surface area contributed by atoms with Crippen molar-refractivity contribution in [3.8, 4) is 17.1 Å². The van der Waals surface area contributed by atoms with Crippen LogP contribution in [0.2, 0.25) is 0 Å². The Hall–Kier alpha value is -6.00. The Balaban J connectivity index is 1.11. The fourth-order valence-electron chi connectivity index (χ4n) is 8.49. The number of aromatic nitrogens is 2. The molecule has 1 aliphatic heterocycles. The number of benzene rings is 6. The summed E-state index contributed by atoms with van der Waals surface area (Å²) >= 11 is 0. The zero-order valence-corrected chi connectivity index (χ0v) is 25.6. The minimum absolute atomic E-state index is 0.203. The third-order valence-corrected chi connectivity index (χ3v) is 10.5. The quantitative estimate of drug-likeness (QED) is 0.197. The molecule has 4 heteroatoms. The lowest BCUT2D eigenvalue weighted by atomic mass is 9.79. The van der Waals surface area contributed by atoms with Crippen molar-refractivity contribution >= 4 is 60.7 Å². The number of hydrogen-bond acceptors (Lipinski definition) is 2. The van der Waals surface area contributed by atoms with E-state index in [1.165, 1.54) is 49.5 Å². The van der Waals surface area contributed by atoms with Gasteiger partial charge in [0.05, 0.1) is 22.5 Å². The number of allylic oxidation sites excluding steroid dienone is 1. The van der Waals surface area contributed by atoms with E-state index in [4.69, 9.17) is 9.15 Å². The molecule has 4 heterocycles. The summed E-state index contributed by atoms with van der Waals surface area (Å²) in [6.07, 6.45) is 2.28. The van der Waals surface area contributed by atoms with Crippen LogP contribution in [0.3, 0.4) is 0 Å². The molecule has 0 fully saturated rings. The summed E-state index contributed by atoms with van der Waals surface area (Å²) in [6.45, 7) is 2.35. The monoisotopic (exact) mass is 604 g/mol. The fourth-order valence-corrected chi connectivity index (χ4v) is 8.49. The van der Waals surface area contributed by atoms with E-state index in [9.17, 15) is 0 Å². The highest BCUT2D eigenvalue weighted by Gasteiger charge is 2.40. The Kier molecular flexibility index (Phi) is 4.86. The predicted molar refractivity (Wildman–Crippen MR) is 191 cm³/mol. The number of furan rings is 1. The van der Waals surface area contributed by atoms with Gasteiger partial charge in [-0.2, -0.15) is 0 Å². The number of hydrogen-bond donors (Lipinski definition) is 0. The van der Waals surface area contributed by atoms with Crippen molar-refractivity contribution in [3.63, 3.8) is 0 Å². The zero-order chi connectivity index (χ0) is 30.8. The van der Waals surface area contributed by atoms with Crippen LogP contribution in [0.15, 0.2) is 144 Å². The van der Waals surface area contributed by atoms with Gasteiger partial charge in [0.15, 0.2) is 0 Å². The molecule has 3 aromatic heterocycles. The van der Waals surface area contributed by atoms with Gasteiger partial charge in [0, 0.05) is 61.0 Å². The van der Waals surface area contributed by atoms with Crippen molar-refractivity contribution in [1.82, 2.24) is 9.13 Å². The van der Waals surface area contributed by atoms with Crippen LogP contribution in [0.5, 0.6) is 5.75 Å². The number of rotatable bonds is 2. The molecule has 11 rings (SSSR count). The van der Waals surface area contributed by atoms with Gasteiger partial charge in [-0.3, -0.25) is 0 Å². The van der Waals surface area contributed by atoms with Gasteiger partial charge in [0.25, 0.3) is 0 Å². The molecule has 6 aromatic carbocycles. The third kappa shape index (κ3) is 3.31. The Bertz CT molecular complexity index is 2790. The molecular weight excluding hydrogens is 576 g/mol. The SMILES string of the molecule is CC1c2c(c3ccccc3n2-c2ccc(-n3c4ccccc4c4cc5oc6ccccc6c5cc43)cc2)C=C2Oc3ccccc3C21. The Labute approximate surface area is 270 Å². The van der Waals surface area contributed by atoms with E-state index in [2.05, 4.69) is 143 Å². The van der Waals surface area contributed by atoms with Gasteiger partial charge in [0.1, 0.15) is 22.7 Å². The van der Waals surface area contributed by atoms with E-state index in [0.717, 1.165) is 44.8 Å². The third-order valence-electron chi connectivity index (χ3n) is 10.5. The van der Waals surface area contributed by atoms with Crippen molar-refractivity contribution in [2.75, 3.05) is 0 Å². The standard InChI is InChI=1S/C43H28N2O2/c1-25-42-31-13-5-9-17-39(31)47-41(42)24-34-29-11-3-7-15-36(29)45(43(25)34)27-20-18-26(19-21-27)44-35-14-6-2-10-28(35)32-23-40-33(22-37(32)44)30-12-4-8-16-38(30)46-40/h2-25,42H,1H3. The lowest BCUT2D eigenvalue weighted by molar-refractivity contribution is 0.413. The fraction of sp³-hybridized carbons (Fsp3) is 0.0698. The first-order valence-corrected chi connectivity index (χ1v) is 16.3. The molecule has 222 valence electrons. The summed E-state index contributed by atoms with van der Waals surface area (Å²) in [5, 5.41) is 5.94. The Morgan fingerprint density at radius 3 is 2.02 bits per heavy atom. The minimum atomic E-state index is 0.203. The number of nitrogens with zero attached hydrogens (tertiary/aromatic N) is 2. The first-order chi connectivity index (χ1) is 23.2. The van der Waals surface area contributed by atoms with Gasteiger partial charge in [-0.1, -0.05) is 79.7 Å². The maximum atomic E-state index is 6.42. The molecule has 0 saturated heterocycles. The van der Waals surface area contributed by atoms with Crippen LogP contribution in [0.25, 0.3) is 72.1 Å². The largest absolute Gasteiger partial charge is 0.461 e. The second kappa shape index (κ2) is 9.05. The molecule has 1 aliphatic carbocycles. The maximum Gasteiger partial charge on any atom is 0.136 e. The molecule has 0 radical (unpaired) electrons. The highest BCUT2D eigenvalue weighted by Crippen LogP contribution is 2.54. The highest BCUT2D eigenvalue weighted by atomic mass is 16.5. The minimum Gasteiger partial charge on any atom is -0.461 e. The van der Waals surface area contributed by atoms with Crippen LogP contribution in [0.4, 0.5) is 0 Å². The van der Waals surface area contributed by atoms with Crippen molar-refractivity contribution in [3.05, 3.63) is 156 Å². The lowest BCUT2D eigenvalue weighted by Gasteiger charge is -2.27. The molecule has 0 spiro atoms. The van der Waals surface area contributed by atoms with E-state index in [1.54, 1.807) is 0 Å². The predicted octanol–water partition coefficient (Wildman–Crippen LogP) is 11.3. The zero-order valence-electron chi connectivity index (χ0n) is 25.6. The first-order valence-electron chi connectivity index (χ1n) is 16.3. The van der Waals surface area contributed by atoms with Crippen molar-refractivity contribution in [1.29, 1.82) is 0 Å². The van der Waals surface area contributed by atoms with Gasteiger partial charge in [-0.15, -0.1) is 0 Å². The second-order valence-electron chi connectivity index (χ2n) is 12.9. The van der Waals surface area contributed by atoms with E-state index < -0.39 is 0 Å². The molecule has 2 aliphatic rings. The molecule has 2 unspecified atom stereocenters. The molecule has 0 bridgehead atoms. The van der Waals surface area contributed by atoms with Crippen LogP contribution >= 0.6 is 0 Å². The summed E-state index contributed by atoms with van der Waals surface area (Å²) in [5.41, 5.74) is 11.6. The number of ether oxygens (including phenoxy) is 1. The summed E-state index contributed by atoms with van der Waals surface area (Å²) in [6, 6.07) is 47.8. The normalized spacial score (nSPS) is 16.9. The van der Waals surface area contributed by atoms with Crippen molar-refractivity contribution in [2.24, 2.45) is 0 Å². The molecule has 0 N–H and O–H groups in total. The topological polar surface area (TPSA) is 32.2 Å². The van der Waals surface area contributed by atoms with Crippen LogP contribution < -0.4 is 4.74 Å². The van der Waals surface area contributed by atoms with Crippen molar-refractivity contribution in [2.45, 2.75) is 18.8 Å². The van der Waals surface area contributed by atoms with Gasteiger partial charge in [0.2, 0.25) is 0 Å². The van der Waals surface area contributed by atoms with Gasteiger partial charge < -0.3 is 18.3 Å². The van der Waals surface area contributed by atoms with Gasteiger partial charge in [-0.25, -0.2) is 0 Å². The molecular formula is C43H28N2O2. The summed E-state index contributed by atoms with van der Waals surface area (Å²) in [7, 11) is 0. The summed E-state index contributed by atoms with van der Waals surface area (Å²) in [4.78, 5) is 0. The lowest BCUT2D eigenvalue weighted by Crippen LogP contribution is -2.17. The van der Waals surface area contributed by atoms with E-state index in [1.807, 2.05) is 12.1 Å². The van der Waals surface area contributed by atoms with Gasteiger partial charge >= 0.3 is 0 Å². The number of fused-ring (bicyclic) bond motifs is 12. The van der Waals surface area contributed by atoms with Crippen LogP contribution in [0, 0.1) is 0 Å².